The highest BCUT2D eigenvalue weighted by molar-refractivity contribution is 6.07. The number of amides is 1. The number of carbonyl (C=O) groups excluding carboxylic acids is 1. The number of fused-ring (bicyclic) bond motifs is 1. The van der Waals surface area contributed by atoms with Crippen molar-refractivity contribution in [3.8, 4) is 5.75 Å². The first-order valence-electron chi connectivity index (χ1n) is 6.77. The van der Waals surface area contributed by atoms with Crippen molar-refractivity contribution < 1.29 is 14.3 Å². The van der Waals surface area contributed by atoms with Gasteiger partial charge in [0.25, 0.3) is 0 Å². The van der Waals surface area contributed by atoms with E-state index in [-0.39, 0.29) is 29.3 Å². The van der Waals surface area contributed by atoms with E-state index in [2.05, 4.69) is 10.5 Å². The Bertz CT molecular complexity index is 567. The third-order valence-corrected chi connectivity index (χ3v) is 3.36. The van der Waals surface area contributed by atoms with Crippen molar-refractivity contribution >= 4 is 11.6 Å². The highest BCUT2D eigenvalue weighted by Gasteiger charge is 2.30. The molecule has 0 spiro atoms. The van der Waals surface area contributed by atoms with Gasteiger partial charge >= 0.3 is 0 Å². The number of nitrogens with zero attached hydrogens (tertiary/aromatic N) is 1. The predicted molar refractivity (Wildman–Crippen MR) is 75.2 cm³/mol. The van der Waals surface area contributed by atoms with E-state index in [9.17, 15) is 14.3 Å². The summed E-state index contributed by atoms with van der Waals surface area (Å²) in [4.78, 5) is 11.6. The van der Waals surface area contributed by atoms with Crippen molar-refractivity contribution in [2.24, 2.45) is 11.0 Å². The summed E-state index contributed by atoms with van der Waals surface area (Å²) in [6.07, 6.45) is 0.889. The lowest BCUT2D eigenvalue weighted by molar-refractivity contribution is -0.121. The predicted octanol–water partition coefficient (Wildman–Crippen LogP) is 2.90. The fraction of sp³-hybridized carbons (Fsp3) is 0.467. The van der Waals surface area contributed by atoms with Crippen molar-refractivity contribution in [3.63, 3.8) is 0 Å². The molecule has 2 N–H and O–H groups in total. The molecule has 4 nitrogen and oxygen atoms in total. The van der Waals surface area contributed by atoms with Crippen molar-refractivity contribution in [1.29, 1.82) is 0 Å². The summed E-state index contributed by atoms with van der Waals surface area (Å²) in [5.74, 6) is -0.329. The zero-order valence-electron chi connectivity index (χ0n) is 11.9. The second-order valence-electron chi connectivity index (χ2n) is 5.65. The first kappa shape index (κ1) is 14.5. The number of hydrazone groups is 1. The molecule has 0 saturated carbocycles. The first-order valence-corrected chi connectivity index (χ1v) is 6.77. The number of halogens is 1. The van der Waals surface area contributed by atoms with Gasteiger partial charge in [0.1, 0.15) is 11.6 Å². The Hall–Kier alpha value is -1.91. The van der Waals surface area contributed by atoms with E-state index in [1.807, 2.05) is 20.8 Å². The number of phenols is 1. The number of benzene rings is 1. The molecule has 1 atom stereocenters. The van der Waals surface area contributed by atoms with Crippen LogP contribution in [0.5, 0.6) is 5.75 Å². The normalized spacial score (nSPS) is 19.4. The van der Waals surface area contributed by atoms with E-state index in [4.69, 9.17) is 0 Å². The number of phenolic OH excluding ortho intramolecular Hbond substituents is 1. The summed E-state index contributed by atoms with van der Waals surface area (Å²) in [6, 6.07) is 2.57. The molecule has 0 aromatic heterocycles. The van der Waals surface area contributed by atoms with Gasteiger partial charge in [0.05, 0.1) is 5.71 Å². The van der Waals surface area contributed by atoms with Crippen LogP contribution in [0.1, 0.15) is 50.7 Å². The van der Waals surface area contributed by atoms with Crippen LogP contribution < -0.4 is 5.43 Å². The van der Waals surface area contributed by atoms with E-state index in [0.29, 0.717) is 29.7 Å². The molecule has 5 heteroatoms. The minimum atomic E-state index is -0.344. The molecule has 1 amide bonds. The summed E-state index contributed by atoms with van der Waals surface area (Å²) in [6.45, 7) is 5.77. The molecule has 0 radical (unpaired) electrons. The molecule has 1 aromatic carbocycles. The smallest absolute Gasteiger partial charge is 0.240 e. The number of carbonyl (C=O) groups is 1. The molecule has 0 unspecified atom stereocenters. The monoisotopic (exact) mass is 278 g/mol. The lowest BCUT2D eigenvalue weighted by Crippen LogP contribution is -2.20. The summed E-state index contributed by atoms with van der Waals surface area (Å²) in [5.41, 5.74) is 3.90. The number of rotatable bonds is 3. The van der Waals surface area contributed by atoms with Crippen LogP contribution in [-0.2, 0) is 4.79 Å². The van der Waals surface area contributed by atoms with Gasteiger partial charge in [-0.25, -0.2) is 9.82 Å². The second kappa shape index (κ2) is 5.61. The second-order valence-corrected chi connectivity index (χ2v) is 5.65. The zero-order valence-corrected chi connectivity index (χ0v) is 11.9. The number of aromatic hydroxyl groups is 1. The standard InChI is InChI=1S/C15H19FN2O2/c1-8(2)6-13(20)18-17-11-7-9(3)14-10(16)4-5-12(19)15(11)14/h4-5,8-9,19H,6-7H2,1-3H3,(H,18,20)/b17-11+/t9-/m1/s1. The van der Waals surface area contributed by atoms with Gasteiger partial charge in [-0.1, -0.05) is 20.8 Å². The third-order valence-electron chi connectivity index (χ3n) is 3.36. The van der Waals surface area contributed by atoms with Gasteiger partial charge in [0.15, 0.2) is 0 Å². The highest BCUT2D eigenvalue weighted by atomic mass is 19.1. The fourth-order valence-corrected chi connectivity index (χ4v) is 2.51. The topological polar surface area (TPSA) is 61.7 Å². The van der Waals surface area contributed by atoms with E-state index in [1.54, 1.807) is 0 Å². The van der Waals surface area contributed by atoms with Gasteiger partial charge < -0.3 is 5.11 Å². The number of hydrogen-bond donors (Lipinski definition) is 2. The van der Waals surface area contributed by atoms with Gasteiger partial charge in [0, 0.05) is 17.5 Å². The molecule has 1 aliphatic carbocycles. The Morgan fingerprint density at radius 3 is 2.90 bits per heavy atom. The molecule has 0 fully saturated rings. The summed E-state index contributed by atoms with van der Waals surface area (Å²) < 4.78 is 13.8. The van der Waals surface area contributed by atoms with Crippen LogP contribution in [0, 0.1) is 11.7 Å². The van der Waals surface area contributed by atoms with Crippen molar-refractivity contribution in [3.05, 3.63) is 29.1 Å². The minimum Gasteiger partial charge on any atom is -0.507 e. The van der Waals surface area contributed by atoms with E-state index >= 15 is 0 Å². The lowest BCUT2D eigenvalue weighted by atomic mass is 10.0. The Labute approximate surface area is 117 Å². The number of nitrogens with one attached hydrogen (secondary N) is 1. The molecule has 2 rings (SSSR count). The molecule has 108 valence electrons. The van der Waals surface area contributed by atoms with Crippen LogP contribution in [0.15, 0.2) is 17.2 Å². The zero-order chi connectivity index (χ0) is 14.9. The molecule has 1 aromatic rings. The molecule has 1 aliphatic rings. The SMILES string of the molecule is CC(C)CC(=O)N/N=C1\C[C@@H](C)c2c(F)ccc(O)c21. The van der Waals surface area contributed by atoms with Gasteiger partial charge in [-0.3, -0.25) is 4.79 Å². The van der Waals surface area contributed by atoms with Crippen LogP contribution in [0.3, 0.4) is 0 Å². The highest BCUT2D eigenvalue weighted by Crippen LogP contribution is 2.39. The Balaban J connectivity index is 2.26. The molecular weight excluding hydrogens is 259 g/mol. The van der Waals surface area contributed by atoms with Crippen molar-refractivity contribution in [1.82, 2.24) is 5.43 Å². The molecule has 0 heterocycles. The maximum atomic E-state index is 13.8. The molecular formula is C15H19FN2O2. The first-order chi connectivity index (χ1) is 9.40. The van der Waals surface area contributed by atoms with Crippen LogP contribution in [0.25, 0.3) is 0 Å². The van der Waals surface area contributed by atoms with Crippen molar-refractivity contribution in [2.45, 2.75) is 39.5 Å². The largest absolute Gasteiger partial charge is 0.507 e. The van der Waals surface area contributed by atoms with Gasteiger partial charge in [-0.15, -0.1) is 0 Å². The maximum Gasteiger partial charge on any atom is 0.240 e. The van der Waals surface area contributed by atoms with Crippen LogP contribution in [0.4, 0.5) is 4.39 Å². The Kier molecular flexibility index (Phi) is 4.06. The minimum absolute atomic E-state index is 0.00242. The lowest BCUT2D eigenvalue weighted by Gasteiger charge is -2.07. The molecule has 0 aliphatic heterocycles. The molecule has 0 bridgehead atoms. The van der Waals surface area contributed by atoms with Gasteiger partial charge in [-0.05, 0) is 30.4 Å². The molecule has 0 saturated heterocycles. The Morgan fingerprint density at radius 2 is 2.25 bits per heavy atom. The maximum absolute atomic E-state index is 13.8. The van der Waals surface area contributed by atoms with Crippen LogP contribution in [0.2, 0.25) is 0 Å². The quantitative estimate of drug-likeness (QED) is 0.835. The van der Waals surface area contributed by atoms with Gasteiger partial charge in [-0.2, -0.15) is 5.10 Å². The summed E-state index contributed by atoms with van der Waals surface area (Å²) in [7, 11) is 0. The summed E-state index contributed by atoms with van der Waals surface area (Å²) in [5, 5.41) is 14.0. The fourth-order valence-electron chi connectivity index (χ4n) is 2.51. The van der Waals surface area contributed by atoms with Crippen molar-refractivity contribution in [2.75, 3.05) is 0 Å². The van der Waals surface area contributed by atoms with Crippen LogP contribution >= 0.6 is 0 Å². The average Bonchev–Trinajstić information content (AvgIpc) is 2.69. The van der Waals surface area contributed by atoms with Crippen LogP contribution in [-0.4, -0.2) is 16.7 Å². The number of hydrogen-bond acceptors (Lipinski definition) is 3. The molecule has 20 heavy (non-hydrogen) atoms. The average molecular weight is 278 g/mol. The van der Waals surface area contributed by atoms with E-state index < -0.39 is 0 Å². The van der Waals surface area contributed by atoms with E-state index in [1.165, 1.54) is 12.1 Å². The Morgan fingerprint density at radius 1 is 1.55 bits per heavy atom. The van der Waals surface area contributed by atoms with Gasteiger partial charge in [0.2, 0.25) is 5.91 Å². The third kappa shape index (κ3) is 2.81. The van der Waals surface area contributed by atoms with E-state index in [0.717, 1.165) is 0 Å². The summed E-state index contributed by atoms with van der Waals surface area (Å²) >= 11 is 0.